The number of pyridine rings is 1. The zero-order valence-electron chi connectivity index (χ0n) is 12.4. The van der Waals surface area contributed by atoms with Gasteiger partial charge in [0.15, 0.2) is 6.61 Å². The van der Waals surface area contributed by atoms with E-state index in [4.69, 9.17) is 0 Å². The lowest BCUT2D eigenvalue weighted by atomic mass is 9.97. The highest BCUT2D eigenvalue weighted by Crippen LogP contribution is 2.17. The van der Waals surface area contributed by atoms with E-state index in [1.165, 1.54) is 18.2 Å². The van der Waals surface area contributed by atoms with Gasteiger partial charge in [-0.2, -0.15) is 13.2 Å². The van der Waals surface area contributed by atoms with Crippen LogP contribution in [0.2, 0.25) is 0 Å². The Morgan fingerprint density at radius 1 is 1.32 bits per heavy atom. The van der Waals surface area contributed by atoms with E-state index in [9.17, 15) is 23.1 Å². The largest absolute Gasteiger partial charge is 0.468 e. The van der Waals surface area contributed by atoms with E-state index < -0.39 is 24.3 Å². The van der Waals surface area contributed by atoms with E-state index in [0.717, 1.165) is 0 Å². The molecule has 1 rings (SSSR count). The minimum Gasteiger partial charge on any atom is -0.468 e. The summed E-state index contributed by atoms with van der Waals surface area (Å²) in [6, 6.07) is 3.96. The lowest BCUT2D eigenvalue weighted by Crippen LogP contribution is -2.42. The molecule has 0 aliphatic rings. The van der Waals surface area contributed by atoms with Gasteiger partial charge in [0.25, 0.3) is 5.91 Å². The van der Waals surface area contributed by atoms with E-state index in [1.807, 2.05) is 0 Å². The maximum Gasteiger partial charge on any atom is 0.422 e. The molecule has 0 radical (unpaired) electrons. The second-order valence-electron chi connectivity index (χ2n) is 4.88. The number of amides is 1. The summed E-state index contributed by atoms with van der Waals surface area (Å²) >= 11 is 0. The van der Waals surface area contributed by atoms with Gasteiger partial charge in [0.2, 0.25) is 5.88 Å². The van der Waals surface area contributed by atoms with Gasteiger partial charge in [-0.15, -0.1) is 0 Å². The monoisotopic (exact) mass is 320 g/mol. The average Bonchev–Trinajstić information content (AvgIpc) is 2.50. The molecule has 0 bridgehead atoms. The SMILES string of the molecule is CCC(O)(CC)CNC(=O)c1cccc(OCC(F)(F)F)n1. The fourth-order valence-corrected chi connectivity index (χ4v) is 1.61. The predicted molar refractivity (Wildman–Crippen MR) is 73.7 cm³/mol. The molecule has 0 spiro atoms. The molecule has 0 aliphatic heterocycles. The number of rotatable bonds is 7. The van der Waals surface area contributed by atoms with Gasteiger partial charge in [-0.1, -0.05) is 19.9 Å². The maximum atomic E-state index is 12.1. The summed E-state index contributed by atoms with van der Waals surface area (Å²) in [5, 5.41) is 12.6. The molecular formula is C14H19F3N2O3. The molecule has 0 unspecified atom stereocenters. The van der Waals surface area contributed by atoms with Gasteiger partial charge in [-0.3, -0.25) is 4.79 Å². The number of halogens is 3. The molecule has 1 aromatic rings. The Morgan fingerprint density at radius 2 is 1.95 bits per heavy atom. The van der Waals surface area contributed by atoms with Crippen LogP contribution in [0, 0.1) is 0 Å². The van der Waals surface area contributed by atoms with Crippen molar-refractivity contribution in [1.82, 2.24) is 10.3 Å². The van der Waals surface area contributed by atoms with Crippen molar-refractivity contribution in [3.05, 3.63) is 23.9 Å². The van der Waals surface area contributed by atoms with Crippen LogP contribution < -0.4 is 10.1 Å². The van der Waals surface area contributed by atoms with Gasteiger partial charge >= 0.3 is 6.18 Å². The van der Waals surface area contributed by atoms with E-state index in [2.05, 4.69) is 15.0 Å². The zero-order chi connectivity index (χ0) is 16.8. The summed E-state index contributed by atoms with van der Waals surface area (Å²) in [4.78, 5) is 15.6. The number of alkyl halides is 3. The van der Waals surface area contributed by atoms with Crippen molar-refractivity contribution >= 4 is 5.91 Å². The van der Waals surface area contributed by atoms with Gasteiger partial charge in [0.1, 0.15) is 5.69 Å². The quantitative estimate of drug-likeness (QED) is 0.809. The van der Waals surface area contributed by atoms with Gasteiger partial charge in [-0.25, -0.2) is 4.98 Å². The summed E-state index contributed by atoms with van der Waals surface area (Å²) in [6.45, 7) is 2.14. The Balaban J connectivity index is 2.66. The number of ether oxygens (including phenoxy) is 1. The van der Waals surface area contributed by atoms with Gasteiger partial charge in [0, 0.05) is 12.6 Å². The van der Waals surface area contributed by atoms with Crippen molar-refractivity contribution in [3.8, 4) is 5.88 Å². The Kier molecular flexibility index (Phi) is 6.16. The molecule has 0 fully saturated rings. The molecule has 1 amide bonds. The minimum absolute atomic E-state index is 0.0359. The topological polar surface area (TPSA) is 71.5 Å². The molecule has 0 saturated heterocycles. The number of aromatic nitrogens is 1. The van der Waals surface area contributed by atoms with Crippen LogP contribution in [0.5, 0.6) is 5.88 Å². The number of carbonyl (C=O) groups excluding carboxylic acids is 1. The fraction of sp³-hybridized carbons (Fsp3) is 0.571. The van der Waals surface area contributed by atoms with E-state index in [-0.39, 0.29) is 18.1 Å². The zero-order valence-corrected chi connectivity index (χ0v) is 12.4. The van der Waals surface area contributed by atoms with Gasteiger partial charge < -0.3 is 15.2 Å². The van der Waals surface area contributed by atoms with Crippen molar-refractivity contribution < 1.29 is 27.8 Å². The number of hydrogen-bond acceptors (Lipinski definition) is 4. The molecule has 1 aromatic heterocycles. The molecule has 0 atom stereocenters. The molecule has 0 aliphatic carbocycles. The first-order valence-corrected chi connectivity index (χ1v) is 6.86. The van der Waals surface area contributed by atoms with Crippen molar-refractivity contribution in [3.63, 3.8) is 0 Å². The normalized spacial score (nSPS) is 12.1. The van der Waals surface area contributed by atoms with Crippen LogP contribution in [0.15, 0.2) is 18.2 Å². The van der Waals surface area contributed by atoms with Crippen LogP contribution in [-0.4, -0.2) is 40.9 Å². The van der Waals surface area contributed by atoms with E-state index in [1.54, 1.807) is 13.8 Å². The number of hydrogen-bond donors (Lipinski definition) is 2. The molecular weight excluding hydrogens is 301 g/mol. The Morgan fingerprint density at radius 3 is 2.50 bits per heavy atom. The van der Waals surface area contributed by atoms with Crippen molar-refractivity contribution in [2.24, 2.45) is 0 Å². The van der Waals surface area contributed by atoms with Gasteiger partial charge in [-0.05, 0) is 18.9 Å². The van der Waals surface area contributed by atoms with Crippen LogP contribution in [0.25, 0.3) is 0 Å². The number of carbonyl (C=O) groups is 1. The lowest BCUT2D eigenvalue weighted by Gasteiger charge is -2.25. The highest BCUT2D eigenvalue weighted by Gasteiger charge is 2.29. The van der Waals surface area contributed by atoms with Crippen LogP contribution >= 0.6 is 0 Å². The van der Waals surface area contributed by atoms with Crippen LogP contribution in [0.4, 0.5) is 13.2 Å². The van der Waals surface area contributed by atoms with Crippen molar-refractivity contribution in [2.45, 2.75) is 38.5 Å². The molecule has 8 heteroatoms. The number of nitrogens with zero attached hydrogens (tertiary/aromatic N) is 1. The van der Waals surface area contributed by atoms with E-state index >= 15 is 0 Å². The van der Waals surface area contributed by atoms with Crippen molar-refractivity contribution in [1.29, 1.82) is 0 Å². The summed E-state index contributed by atoms with van der Waals surface area (Å²) in [6.07, 6.45) is -3.55. The fourth-order valence-electron chi connectivity index (χ4n) is 1.61. The molecule has 0 saturated carbocycles. The Bertz CT molecular complexity index is 502. The Labute approximate surface area is 126 Å². The highest BCUT2D eigenvalue weighted by atomic mass is 19.4. The third-order valence-corrected chi connectivity index (χ3v) is 3.23. The molecule has 1 heterocycles. The third-order valence-electron chi connectivity index (χ3n) is 3.23. The molecule has 5 nitrogen and oxygen atoms in total. The first kappa shape index (κ1) is 18.2. The van der Waals surface area contributed by atoms with Gasteiger partial charge in [0.05, 0.1) is 5.60 Å². The first-order valence-electron chi connectivity index (χ1n) is 6.86. The summed E-state index contributed by atoms with van der Waals surface area (Å²) in [5.41, 5.74) is -1.09. The maximum absolute atomic E-state index is 12.1. The minimum atomic E-state index is -4.47. The molecule has 0 aromatic carbocycles. The molecule has 2 N–H and O–H groups in total. The van der Waals surface area contributed by atoms with Crippen LogP contribution in [-0.2, 0) is 0 Å². The Hall–Kier alpha value is -1.83. The average molecular weight is 320 g/mol. The lowest BCUT2D eigenvalue weighted by molar-refractivity contribution is -0.154. The van der Waals surface area contributed by atoms with E-state index in [0.29, 0.717) is 12.8 Å². The number of nitrogens with one attached hydrogen (secondary N) is 1. The summed E-state index contributed by atoms with van der Waals surface area (Å²) in [7, 11) is 0. The van der Waals surface area contributed by atoms with Crippen molar-refractivity contribution in [2.75, 3.05) is 13.2 Å². The number of aliphatic hydroxyl groups is 1. The second-order valence-corrected chi connectivity index (χ2v) is 4.88. The first-order chi connectivity index (χ1) is 10.2. The smallest absolute Gasteiger partial charge is 0.422 e. The highest BCUT2D eigenvalue weighted by molar-refractivity contribution is 5.92. The molecule has 22 heavy (non-hydrogen) atoms. The van der Waals surface area contributed by atoms with Crippen LogP contribution in [0.1, 0.15) is 37.2 Å². The molecule has 124 valence electrons. The van der Waals surface area contributed by atoms with Crippen LogP contribution in [0.3, 0.4) is 0 Å². The summed E-state index contributed by atoms with van der Waals surface area (Å²) < 4.78 is 40.7. The third kappa shape index (κ3) is 5.88. The second kappa shape index (κ2) is 7.44. The standard InChI is InChI=1S/C14H19F3N2O3/c1-3-13(21,4-2)8-18-12(20)10-6-5-7-11(19-10)22-9-14(15,16)17/h5-7,21H,3-4,8-9H2,1-2H3,(H,18,20). The predicted octanol–water partition coefficient (Wildman–Crippen LogP) is 2.30. The summed E-state index contributed by atoms with van der Waals surface area (Å²) in [5.74, 6) is -0.871.